The van der Waals surface area contributed by atoms with Crippen LogP contribution in [0, 0.1) is 3.57 Å². The van der Waals surface area contributed by atoms with Crippen molar-refractivity contribution < 1.29 is 19.1 Å². The number of amides is 1. The van der Waals surface area contributed by atoms with Crippen molar-refractivity contribution in [3.05, 3.63) is 51.7 Å². The van der Waals surface area contributed by atoms with Crippen LogP contribution in [0.5, 0.6) is 5.88 Å². The number of para-hydroxylation sites is 1. The summed E-state index contributed by atoms with van der Waals surface area (Å²) in [4.78, 5) is 27.6. The molecule has 6 nitrogen and oxygen atoms in total. The zero-order valence-electron chi connectivity index (χ0n) is 11.7. The van der Waals surface area contributed by atoms with E-state index < -0.39 is 11.9 Å². The lowest BCUT2D eigenvalue weighted by atomic mass is 10.3. The van der Waals surface area contributed by atoms with Crippen LogP contribution >= 0.6 is 22.6 Å². The summed E-state index contributed by atoms with van der Waals surface area (Å²) in [6.45, 7) is -0.387. The minimum atomic E-state index is -0.664. The van der Waals surface area contributed by atoms with E-state index in [0.29, 0.717) is 5.69 Å². The second kappa shape index (κ2) is 7.74. The van der Waals surface area contributed by atoms with E-state index in [1.54, 1.807) is 12.1 Å². The van der Waals surface area contributed by atoms with E-state index in [4.69, 9.17) is 9.47 Å². The predicted molar refractivity (Wildman–Crippen MR) is 88.9 cm³/mol. The topological polar surface area (TPSA) is 77.5 Å². The Bertz CT molecular complexity index is 691. The monoisotopic (exact) mass is 412 g/mol. The second-order valence-electron chi connectivity index (χ2n) is 4.16. The largest absolute Gasteiger partial charge is 0.480 e. The first kappa shape index (κ1) is 16.2. The van der Waals surface area contributed by atoms with Crippen LogP contribution in [0.3, 0.4) is 0 Å². The number of nitrogens with zero attached hydrogens (tertiary/aromatic N) is 1. The number of ether oxygens (including phenoxy) is 2. The Morgan fingerprint density at radius 3 is 2.73 bits per heavy atom. The first-order valence-electron chi connectivity index (χ1n) is 6.32. The van der Waals surface area contributed by atoms with Gasteiger partial charge in [0.05, 0.1) is 12.8 Å². The number of halogens is 1. The van der Waals surface area contributed by atoms with Gasteiger partial charge in [0, 0.05) is 9.77 Å². The van der Waals surface area contributed by atoms with Crippen molar-refractivity contribution in [2.75, 3.05) is 19.0 Å². The van der Waals surface area contributed by atoms with E-state index in [9.17, 15) is 9.59 Å². The summed E-state index contributed by atoms with van der Waals surface area (Å²) >= 11 is 2.11. The maximum absolute atomic E-state index is 11.9. The molecule has 0 aliphatic rings. The highest BCUT2D eigenvalue weighted by atomic mass is 127. The number of aromatic nitrogens is 1. The van der Waals surface area contributed by atoms with Crippen molar-refractivity contribution >= 4 is 40.2 Å². The molecule has 114 valence electrons. The van der Waals surface area contributed by atoms with E-state index >= 15 is 0 Å². The van der Waals surface area contributed by atoms with Gasteiger partial charge in [-0.15, -0.1) is 0 Å². The van der Waals surface area contributed by atoms with Crippen LogP contribution in [0.2, 0.25) is 0 Å². The van der Waals surface area contributed by atoms with Gasteiger partial charge in [-0.05, 0) is 46.9 Å². The van der Waals surface area contributed by atoms with Crippen molar-refractivity contribution in [3.63, 3.8) is 0 Å². The first-order chi connectivity index (χ1) is 10.6. The average molecular weight is 412 g/mol. The van der Waals surface area contributed by atoms with Gasteiger partial charge < -0.3 is 14.8 Å². The Balaban J connectivity index is 1.94. The second-order valence-corrected chi connectivity index (χ2v) is 5.33. The number of carbonyl (C=O) groups is 2. The zero-order valence-corrected chi connectivity index (χ0v) is 13.9. The summed E-state index contributed by atoms with van der Waals surface area (Å²) < 4.78 is 10.8. The summed E-state index contributed by atoms with van der Waals surface area (Å²) in [6, 6.07) is 10.4. The van der Waals surface area contributed by atoms with Gasteiger partial charge in [-0.25, -0.2) is 9.78 Å². The van der Waals surface area contributed by atoms with Gasteiger partial charge in [0.2, 0.25) is 5.88 Å². The van der Waals surface area contributed by atoms with Gasteiger partial charge in [-0.1, -0.05) is 12.1 Å². The summed E-state index contributed by atoms with van der Waals surface area (Å²) in [7, 11) is 1.41. The van der Waals surface area contributed by atoms with E-state index in [0.717, 1.165) is 3.57 Å². The Morgan fingerprint density at radius 1 is 1.23 bits per heavy atom. The molecule has 0 fully saturated rings. The maximum Gasteiger partial charge on any atom is 0.344 e. The molecule has 0 radical (unpaired) electrons. The quantitative estimate of drug-likeness (QED) is 0.603. The van der Waals surface area contributed by atoms with Gasteiger partial charge >= 0.3 is 5.97 Å². The molecule has 1 aromatic heterocycles. The number of hydrogen-bond acceptors (Lipinski definition) is 5. The number of anilines is 1. The molecule has 2 aromatic rings. The van der Waals surface area contributed by atoms with Crippen LogP contribution in [0.1, 0.15) is 10.4 Å². The lowest BCUT2D eigenvalue weighted by molar-refractivity contribution is -0.119. The molecule has 1 heterocycles. The average Bonchev–Trinajstić information content (AvgIpc) is 2.54. The Morgan fingerprint density at radius 2 is 2.00 bits per heavy atom. The fourth-order valence-corrected chi connectivity index (χ4v) is 2.19. The number of pyridine rings is 1. The minimum absolute atomic E-state index is 0.158. The lowest BCUT2D eigenvalue weighted by Crippen LogP contribution is -2.21. The van der Waals surface area contributed by atoms with Gasteiger partial charge in [-0.3, -0.25) is 4.79 Å². The van der Waals surface area contributed by atoms with Crippen LogP contribution in [-0.4, -0.2) is 30.6 Å². The highest BCUT2D eigenvalue weighted by Gasteiger charge is 2.16. The molecular weight excluding hydrogens is 399 g/mol. The molecule has 0 unspecified atom stereocenters. The smallest absolute Gasteiger partial charge is 0.344 e. The molecule has 0 saturated heterocycles. The SMILES string of the molecule is COc1ncccc1C(=O)OCC(=O)Nc1ccccc1I. The van der Waals surface area contributed by atoms with Crippen molar-refractivity contribution in [3.8, 4) is 5.88 Å². The summed E-state index contributed by atoms with van der Waals surface area (Å²) in [5, 5.41) is 2.68. The minimum Gasteiger partial charge on any atom is -0.480 e. The number of nitrogens with one attached hydrogen (secondary N) is 1. The summed E-state index contributed by atoms with van der Waals surface area (Å²) in [6.07, 6.45) is 1.50. The third-order valence-electron chi connectivity index (χ3n) is 2.67. The standard InChI is InChI=1S/C15H13IN2O4/c1-21-14-10(5-4-8-17-14)15(20)22-9-13(19)18-12-7-3-2-6-11(12)16/h2-8H,9H2,1H3,(H,18,19). The van der Waals surface area contributed by atoms with Crippen molar-refractivity contribution in [2.45, 2.75) is 0 Å². The lowest BCUT2D eigenvalue weighted by Gasteiger charge is -2.09. The molecule has 0 saturated carbocycles. The van der Waals surface area contributed by atoms with Crippen LogP contribution < -0.4 is 10.1 Å². The van der Waals surface area contributed by atoms with Gasteiger partial charge in [-0.2, -0.15) is 0 Å². The molecule has 0 atom stereocenters. The fraction of sp³-hybridized carbons (Fsp3) is 0.133. The van der Waals surface area contributed by atoms with Crippen LogP contribution in [0.25, 0.3) is 0 Å². The predicted octanol–water partition coefficient (Wildman–Crippen LogP) is 2.49. The zero-order chi connectivity index (χ0) is 15.9. The molecule has 0 bridgehead atoms. The Hall–Kier alpha value is -2.16. The first-order valence-corrected chi connectivity index (χ1v) is 7.40. The highest BCUT2D eigenvalue weighted by Crippen LogP contribution is 2.17. The van der Waals surface area contributed by atoms with E-state index in [2.05, 4.69) is 32.9 Å². The molecule has 0 spiro atoms. The molecule has 22 heavy (non-hydrogen) atoms. The highest BCUT2D eigenvalue weighted by molar-refractivity contribution is 14.1. The molecular formula is C15H13IN2O4. The Kier molecular flexibility index (Phi) is 5.70. The van der Waals surface area contributed by atoms with E-state index in [-0.39, 0.29) is 18.1 Å². The molecule has 2 rings (SSSR count). The molecule has 1 amide bonds. The Labute approximate surface area is 141 Å². The van der Waals surface area contributed by atoms with Gasteiger partial charge in [0.15, 0.2) is 6.61 Å². The van der Waals surface area contributed by atoms with Crippen molar-refractivity contribution in [2.24, 2.45) is 0 Å². The fourth-order valence-electron chi connectivity index (χ4n) is 1.67. The van der Waals surface area contributed by atoms with Gasteiger partial charge in [0.1, 0.15) is 5.56 Å². The molecule has 1 aromatic carbocycles. The molecule has 7 heteroatoms. The normalized spacial score (nSPS) is 9.91. The molecule has 0 aliphatic carbocycles. The van der Waals surface area contributed by atoms with Gasteiger partial charge in [0.25, 0.3) is 5.91 Å². The van der Waals surface area contributed by atoms with Crippen molar-refractivity contribution in [1.82, 2.24) is 4.98 Å². The van der Waals surface area contributed by atoms with Crippen LogP contribution in [-0.2, 0) is 9.53 Å². The van der Waals surface area contributed by atoms with Crippen molar-refractivity contribution in [1.29, 1.82) is 0 Å². The van der Waals surface area contributed by atoms with E-state index in [1.807, 2.05) is 18.2 Å². The van der Waals surface area contributed by atoms with E-state index in [1.165, 1.54) is 19.4 Å². The number of hydrogen-bond donors (Lipinski definition) is 1. The number of benzene rings is 1. The maximum atomic E-state index is 11.9. The summed E-state index contributed by atoms with van der Waals surface area (Å²) in [5.41, 5.74) is 0.843. The number of methoxy groups -OCH3 is 1. The third kappa shape index (κ3) is 4.17. The number of carbonyl (C=O) groups excluding carboxylic acids is 2. The third-order valence-corrected chi connectivity index (χ3v) is 3.61. The summed E-state index contributed by atoms with van der Waals surface area (Å²) in [5.74, 6) is -0.923. The van der Waals surface area contributed by atoms with Crippen LogP contribution in [0.4, 0.5) is 5.69 Å². The molecule has 0 aliphatic heterocycles. The number of esters is 1. The van der Waals surface area contributed by atoms with Crippen LogP contribution in [0.15, 0.2) is 42.6 Å². The number of rotatable bonds is 5. The molecule has 1 N–H and O–H groups in total.